The SMILES string of the molecule is CCC(N)(CC)C(=O)ON1CCC(c2noc3cc(F)ccc23)CC1. The summed E-state index contributed by atoms with van der Waals surface area (Å²) in [5, 5.41) is 6.64. The monoisotopic (exact) mass is 349 g/mol. The summed E-state index contributed by atoms with van der Waals surface area (Å²) in [4.78, 5) is 17.7. The summed E-state index contributed by atoms with van der Waals surface area (Å²) < 4.78 is 18.5. The number of carbonyl (C=O) groups excluding carboxylic acids is 1. The largest absolute Gasteiger partial charge is 0.366 e. The molecule has 7 heteroatoms. The van der Waals surface area contributed by atoms with Gasteiger partial charge in [-0.05, 0) is 37.8 Å². The number of hydrogen-bond acceptors (Lipinski definition) is 6. The molecule has 1 aromatic carbocycles. The molecule has 0 amide bonds. The maximum atomic E-state index is 13.3. The molecular formula is C18H24FN3O3. The molecule has 0 bridgehead atoms. The van der Waals surface area contributed by atoms with Gasteiger partial charge in [0.05, 0.1) is 5.69 Å². The molecule has 6 nitrogen and oxygen atoms in total. The second-order valence-corrected chi connectivity index (χ2v) is 6.65. The lowest BCUT2D eigenvalue weighted by Gasteiger charge is -2.32. The number of carbonyl (C=O) groups is 1. The van der Waals surface area contributed by atoms with Gasteiger partial charge in [-0.3, -0.25) is 0 Å². The first-order valence-corrected chi connectivity index (χ1v) is 8.78. The van der Waals surface area contributed by atoms with Crippen molar-refractivity contribution in [2.24, 2.45) is 5.73 Å². The number of nitrogens with zero attached hydrogens (tertiary/aromatic N) is 2. The van der Waals surface area contributed by atoms with Gasteiger partial charge < -0.3 is 15.1 Å². The Hall–Kier alpha value is -1.99. The van der Waals surface area contributed by atoms with E-state index >= 15 is 0 Å². The van der Waals surface area contributed by atoms with Crippen LogP contribution in [0.2, 0.25) is 0 Å². The van der Waals surface area contributed by atoms with Gasteiger partial charge in [-0.25, -0.2) is 9.18 Å². The standard InChI is InChI=1S/C18H24FN3O3/c1-3-18(20,4-2)17(23)25-22-9-7-12(8-10-22)16-14-6-5-13(19)11-15(14)24-21-16/h5-6,11-12H,3-4,7-10,20H2,1-2H3. The number of rotatable bonds is 5. The number of piperidine rings is 1. The van der Waals surface area contributed by atoms with E-state index in [0.717, 1.165) is 23.9 Å². The highest BCUT2D eigenvalue weighted by Crippen LogP contribution is 2.33. The maximum Gasteiger partial charge on any atom is 0.344 e. The lowest BCUT2D eigenvalue weighted by molar-refractivity contribution is -0.202. The molecule has 136 valence electrons. The van der Waals surface area contributed by atoms with Crippen LogP contribution in [-0.2, 0) is 9.63 Å². The molecule has 2 heterocycles. The predicted octanol–water partition coefficient (Wildman–Crippen LogP) is 3.12. The van der Waals surface area contributed by atoms with Crippen molar-refractivity contribution in [3.63, 3.8) is 0 Å². The Morgan fingerprint density at radius 1 is 1.40 bits per heavy atom. The summed E-state index contributed by atoms with van der Waals surface area (Å²) in [6.07, 6.45) is 2.64. The van der Waals surface area contributed by atoms with E-state index < -0.39 is 5.54 Å². The Labute approximate surface area is 146 Å². The summed E-state index contributed by atoms with van der Waals surface area (Å²) >= 11 is 0. The summed E-state index contributed by atoms with van der Waals surface area (Å²) in [6, 6.07) is 4.46. The van der Waals surface area contributed by atoms with Crippen molar-refractivity contribution >= 4 is 16.9 Å². The van der Waals surface area contributed by atoms with Crippen molar-refractivity contribution in [1.29, 1.82) is 0 Å². The first-order chi connectivity index (χ1) is 12.0. The average Bonchev–Trinajstić information content (AvgIpc) is 3.04. The maximum absolute atomic E-state index is 13.3. The minimum Gasteiger partial charge on any atom is -0.366 e. The van der Waals surface area contributed by atoms with Crippen molar-refractivity contribution in [2.45, 2.75) is 51.0 Å². The number of halogens is 1. The average molecular weight is 349 g/mol. The Balaban J connectivity index is 1.63. The number of benzene rings is 1. The van der Waals surface area contributed by atoms with E-state index in [0.29, 0.717) is 31.5 Å². The Kier molecular flexibility index (Phi) is 5.06. The summed E-state index contributed by atoms with van der Waals surface area (Å²) in [5.74, 6) is -0.519. The fraction of sp³-hybridized carbons (Fsp3) is 0.556. The van der Waals surface area contributed by atoms with Crippen molar-refractivity contribution in [2.75, 3.05) is 13.1 Å². The smallest absolute Gasteiger partial charge is 0.344 e. The third-order valence-corrected chi connectivity index (χ3v) is 5.18. The van der Waals surface area contributed by atoms with Crippen LogP contribution in [0.4, 0.5) is 4.39 Å². The molecule has 0 spiro atoms. The fourth-order valence-corrected chi connectivity index (χ4v) is 3.19. The van der Waals surface area contributed by atoms with Gasteiger partial charge >= 0.3 is 5.97 Å². The topological polar surface area (TPSA) is 81.6 Å². The normalized spacial score (nSPS) is 17.1. The van der Waals surface area contributed by atoms with Crippen LogP contribution in [0.25, 0.3) is 11.0 Å². The van der Waals surface area contributed by atoms with Gasteiger partial charge in [0.15, 0.2) is 5.58 Å². The Morgan fingerprint density at radius 2 is 2.08 bits per heavy atom. The minimum absolute atomic E-state index is 0.196. The number of fused-ring (bicyclic) bond motifs is 1. The minimum atomic E-state index is -0.927. The van der Waals surface area contributed by atoms with E-state index in [1.54, 1.807) is 11.1 Å². The molecule has 2 aromatic rings. The molecule has 1 saturated heterocycles. The first kappa shape index (κ1) is 17.8. The predicted molar refractivity (Wildman–Crippen MR) is 91.1 cm³/mol. The van der Waals surface area contributed by atoms with Gasteiger partial charge in [-0.15, -0.1) is 5.06 Å². The molecule has 0 radical (unpaired) electrons. The van der Waals surface area contributed by atoms with Gasteiger partial charge in [0.2, 0.25) is 0 Å². The van der Waals surface area contributed by atoms with Crippen molar-refractivity contribution < 1.29 is 18.5 Å². The fourth-order valence-electron chi connectivity index (χ4n) is 3.19. The molecule has 0 aliphatic carbocycles. The highest BCUT2D eigenvalue weighted by Gasteiger charge is 2.35. The van der Waals surface area contributed by atoms with Crippen LogP contribution in [-0.4, -0.2) is 34.8 Å². The molecule has 3 rings (SSSR count). The summed E-state index contributed by atoms with van der Waals surface area (Å²) in [5.41, 5.74) is 6.46. The van der Waals surface area contributed by atoms with Crippen LogP contribution in [0.1, 0.15) is 51.1 Å². The number of hydrogen-bond donors (Lipinski definition) is 1. The van der Waals surface area contributed by atoms with E-state index in [1.165, 1.54) is 12.1 Å². The highest BCUT2D eigenvalue weighted by atomic mass is 19.1. The summed E-state index contributed by atoms with van der Waals surface area (Å²) in [6.45, 7) is 4.98. The second kappa shape index (κ2) is 7.09. The molecule has 2 N–H and O–H groups in total. The van der Waals surface area contributed by atoms with Crippen molar-refractivity contribution in [3.05, 3.63) is 29.7 Å². The van der Waals surface area contributed by atoms with E-state index in [1.807, 2.05) is 13.8 Å². The van der Waals surface area contributed by atoms with Gasteiger partial charge in [0.25, 0.3) is 0 Å². The Morgan fingerprint density at radius 3 is 2.72 bits per heavy atom. The molecule has 1 fully saturated rings. The zero-order valence-electron chi connectivity index (χ0n) is 14.6. The molecule has 0 atom stereocenters. The molecule has 0 saturated carbocycles. The van der Waals surface area contributed by atoms with Gasteiger partial charge in [-0.2, -0.15) is 0 Å². The zero-order chi connectivity index (χ0) is 18.0. The number of hydroxylamine groups is 2. The van der Waals surface area contributed by atoms with E-state index in [-0.39, 0.29) is 17.7 Å². The lowest BCUT2D eigenvalue weighted by Crippen LogP contribution is -2.51. The molecule has 1 aliphatic heterocycles. The highest BCUT2D eigenvalue weighted by molar-refractivity contribution is 5.80. The quantitative estimate of drug-likeness (QED) is 0.893. The number of nitrogens with two attached hydrogens (primary N) is 1. The van der Waals surface area contributed by atoms with Gasteiger partial charge in [0, 0.05) is 30.5 Å². The third kappa shape index (κ3) is 3.52. The lowest BCUT2D eigenvalue weighted by atomic mass is 9.92. The Bertz CT molecular complexity index is 749. The first-order valence-electron chi connectivity index (χ1n) is 8.78. The van der Waals surface area contributed by atoms with Crippen LogP contribution in [0.15, 0.2) is 22.7 Å². The molecule has 25 heavy (non-hydrogen) atoms. The third-order valence-electron chi connectivity index (χ3n) is 5.18. The second-order valence-electron chi connectivity index (χ2n) is 6.65. The van der Waals surface area contributed by atoms with Crippen molar-refractivity contribution in [1.82, 2.24) is 10.2 Å². The van der Waals surface area contributed by atoms with Gasteiger partial charge in [0.1, 0.15) is 11.4 Å². The van der Waals surface area contributed by atoms with Gasteiger partial charge in [-0.1, -0.05) is 19.0 Å². The van der Waals surface area contributed by atoms with E-state index in [9.17, 15) is 9.18 Å². The molecule has 0 unspecified atom stereocenters. The molecular weight excluding hydrogens is 325 g/mol. The van der Waals surface area contributed by atoms with Crippen molar-refractivity contribution in [3.8, 4) is 0 Å². The molecule has 1 aromatic heterocycles. The van der Waals surface area contributed by atoms with E-state index in [4.69, 9.17) is 15.1 Å². The van der Waals surface area contributed by atoms with Crippen LogP contribution >= 0.6 is 0 Å². The molecule has 1 aliphatic rings. The zero-order valence-corrected chi connectivity index (χ0v) is 14.6. The van der Waals surface area contributed by atoms with Crippen LogP contribution in [0.3, 0.4) is 0 Å². The summed E-state index contributed by atoms with van der Waals surface area (Å²) in [7, 11) is 0. The number of aromatic nitrogens is 1. The van der Waals surface area contributed by atoms with E-state index in [2.05, 4.69) is 5.16 Å². The van der Waals surface area contributed by atoms with Crippen LogP contribution < -0.4 is 5.73 Å². The van der Waals surface area contributed by atoms with Crippen LogP contribution in [0, 0.1) is 5.82 Å². The van der Waals surface area contributed by atoms with Crippen LogP contribution in [0.5, 0.6) is 0 Å².